The molecule has 0 aromatic carbocycles. The first-order valence-electron chi connectivity index (χ1n) is 10.6. The van der Waals surface area contributed by atoms with Crippen molar-refractivity contribution in [2.45, 2.75) is 18.9 Å². The van der Waals surface area contributed by atoms with Gasteiger partial charge in [0.1, 0.15) is 24.4 Å². The van der Waals surface area contributed by atoms with E-state index in [1.54, 1.807) is 18.3 Å². The number of carbonyl (C=O) groups excluding carboxylic acids is 1. The lowest BCUT2D eigenvalue weighted by Crippen LogP contribution is -2.43. The fraction of sp³-hybridized carbons (Fsp3) is 0.174. The highest BCUT2D eigenvalue weighted by atomic mass is 19.3. The van der Waals surface area contributed by atoms with Gasteiger partial charge in [-0.15, -0.1) is 0 Å². The summed E-state index contributed by atoms with van der Waals surface area (Å²) in [5, 5.41) is 29.2. The topological polar surface area (TPSA) is 146 Å². The van der Waals surface area contributed by atoms with Crippen LogP contribution < -0.4 is 15.4 Å². The quantitative estimate of drug-likeness (QED) is 0.236. The predicted octanol–water partition coefficient (Wildman–Crippen LogP) is 1.52. The summed E-state index contributed by atoms with van der Waals surface area (Å²) in [4.78, 5) is 24.5. The number of nitrogens with one attached hydrogen (secondary N) is 2. The molecular weight excluding hydrogens is 472 g/mol. The number of anilines is 1. The number of alkyl halides is 2. The molecule has 13 heteroatoms. The van der Waals surface area contributed by atoms with E-state index in [-0.39, 0.29) is 23.6 Å². The van der Waals surface area contributed by atoms with Crippen LogP contribution in [0.15, 0.2) is 67.5 Å². The summed E-state index contributed by atoms with van der Waals surface area (Å²) in [6.45, 7) is -0.830. The van der Waals surface area contributed by atoms with Crippen molar-refractivity contribution in [2.75, 3.05) is 11.9 Å². The van der Waals surface area contributed by atoms with Crippen molar-refractivity contribution in [3.8, 4) is 11.8 Å². The molecule has 4 aromatic rings. The SMILES string of the molecule is N#Cc1ccc(NCC(F)(F)c2ccccn2)[n+](O)c1CC(=O)NCc1ncccc1-n1cncn1. The van der Waals surface area contributed by atoms with Crippen molar-refractivity contribution in [1.82, 2.24) is 30.0 Å². The summed E-state index contributed by atoms with van der Waals surface area (Å²) in [7, 11) is 0. The summed E-state index contributed by atoms with van der Waals surface area (Å²) in [5.41, 5.74) is 0.635. The average Bonchev–Trinajstić information content (AvgIpc) is 3.43. The second kappa shape index (κ2) is 10.5. The first kappa shape index (κ1) is 24.1. The Hall–Kier alpha value is -4.99. The molecule has 36 heavy (non-hydrogen) atoms. The van der Waals surface area contributed by atoms with Gasteiger partial charge in [-0.1, -0.05) is 6.07 Å². The lowest BCUT2D eigenvalue weighted by molar-refractivity contribution is -0.898. The molecule has 0 radical (unpaired) electrons. The molecule has 0 atom stereocenters. The van der Waals surface area contributed by atoms with Crippen molar-refractivity contribution in [2.24, 2.45) is 0 Å². The molecule has 0 fully saturated rings. The molecule has 182 valence electrons. The van der Waals surface area contributed by atoms with Crippen LogP contribution in [0.25, 0.3) is 5.69 Å². The predicted molar refractivity (Wildman–Crippen MR) is 120 cm³/mol. The number of carbonyl (C=O) groups is 1. The molecule has 0 aliphatic heterocycles. The molecule has 1 amide bonds. The normalized spacial score (nSPS) is 11.0. The number of nitriles is 1. The summed E-state index contributed by atoms with van der Waals surface area (Å²) in [6, 6.07) is 12.1. The Morgan fingerprint density at radius 2 is 2.00 bits per heavy atom. The zero-order valence-electron chi connectivity index (χ0n) is 18.7. The molecule has 4 heterocycles. The lowest BCUT2D eigenvalue weighted by atomic mass is 10.1. The van der Waals surface area contributed by atoms with E-state index < -0.39 is 30.5 Å². The zero-order valence-corrected chi connectivity index (χ0v) is 18.7. The van der Waals surface area contributed by atoms with Crippen molar-refractivity contribution >= 4 is 11.7 Å². The van der Waals surface area contributed by atoms with Crippen LogP contribution in [-0.2, 0) is 23.7 Å². The summed E-state index contributed by atoms with van der Waals surface area (Å²) in [6.07, 6.45) is 5.29. The number of nitrogens with zero attached hydrogens (tertiary/aromatic N) is 7. The smallest absolute Gasteiger partial charge is 0.325 e. The number of aromatic nitrogens is 6. The average molecular weight is 492 g/mol. The van der Waals surface area contributed by atoms with Crippen LogP contribution in [0.4, 0.5) is 14.6 Å². The van der Waals surface area contributed by atoms with Crippen molar-refractivity contribution in [3.63, 3.8) is 0 Å². The Labute approximate surface area is 203 Å². The molecule has 0 bridgehead atoms. The number of hydrogen-bond donors (Lipinski definition) is 3. The van der Waals surface area contributed by atoms with E-state index in [9.17, 15) is 24.0 Å². The van der Waals surface area contributed by atoms with E-state index in [1.807, 2.05) is 6.07 Å². The van der Waals surface area contributed by atoms with Crippen LogP contribution in [-0.4, -0.2) is 42.4 Å². The minimum absolute atomic E-state index is 0.0100. The number of halogens is 2. The third-order valence-corrected chi connectivity index (χ3v) is 5.17. The third-order valence-electron chi connectivity index (χ3n) is 5.17. The van der Waals surface area contributed by atoms with Crippen molar-refractivity contribution in [3.05, 3.63) is 90.2 Å². The molecular formula is C23H20F2N9O2+. The van der Waals surface area contributed by atoms with Gasteiger partial charge in [0.2, 0.25) is 5.91 Å². The summed E-state index contributed by atoms with van der Waals surface area (Å²) in [5.74, 6) is -3.98. The van der Waals surface area contributed by atoms with Gasteiger partial charge in [-0.25, -0.2) is 9.67 Å². The number of rotatable bonds is 9. The van der Waals surface area contributed by atoms with Gasteiger partial charge >= 0.3 is 11.7 Å². The molecule has 4 aromatic heterocycles. The molecule has 3 N–H and O–H groups in total. The third kappa shape index (κ3) is 5.39. The first-order valence-corrected chi connectivity index (χ1v) is 10.6. The maximum absolute atomic E-state index is 14.5. The minimum atomic E-state index is -3.33. The van der Waals surface area contributed by atoms with Gasteiger partial charge in [0.25, 0.3) is 0 Å². The van der Waals surface area contributed by atoms with E-state index in [2.05, 4.69) is 30.7 Å². The van der Waals surface area contributed by atoms with E-state index in [0.29, 0.717) is 16.1 Å². The Kier molecular flexibility index (Phi) is 7.05. The van der Waals surface area contributed by atoms with Gasteiger partial charge in [-0.05, 0) is 35.1 Å². The van der Waals surface area contributed by atoms with E-state index in [0.717, 1.165) is 0 Å². The van der Waals surface area contributed by atoms with Gasteiger partial charge in [-0.3, -0.25) is 20.1 Å². The van der Waals surface area contributed by atoms with Crippen molar-refractivity contribution in [1.29, 1.82) is 5.26 Å². The van der Waals surface area contributed by atoms with Gasteiger partial charge in [-0.2, -0.15) is 19.1 Å². The molecule has 4 rings (SSSR count). The van der Waals surface area contributed by atoms with Crippen LogP contribution in [0, 0.1) is 11.3 Å². The van der Waals surface area contributed by atoms with Crippen LogP contribution in [0.1, 0.15) is 22.6 Å². The highest BCUT2D eigenvalue weighted by molar-refractivity contribution is 5.78. The second-order valence-electron chi connectivity index (χ2n) is 7.54. The van der Waals surface area contributed by atoms with E-state index in [4.69, 9.17) is 0 Å². The Bertz CT molecular complexity index is 1390. The molecule has 0 aliphatic carbocycles. The summed E-state index contributed by atoms with van der Waals surface area (Å²) < 4.78 is 31.0. The fourth-order valence-electron chi connectivity index (χ4n) is 3.37. The highest BCUT2D eigenvalue weighted by Crippen LogP contribution is 2.26. The Morgan fingerprint density at radius 3 is 2.72 bits per heavy atom. The molecule has 0 unspecified atom stereocenters. The molecule has 0 spiro atoms. The highest BCUT2D eigenvalue weighted by Gasteiger charge is 2.36. The summed E-state index contributed by atoms with van der Waals surface area (Å²) >= 11 is 0. The number of amides is 1. The maximum Gasteiger partial charge on any atom is 0.325 e. The largest absolute Gasteiger partial charge is 0.350 e. The van der Waals surface area contributed by atoms with Crippen LogP contribution in [0.3, 0.4) is 0 Å². The van der Waals surface area contributed by atoms with Gasteiger partial charge < -0.3 is 10.5 Å². The van der Waals surface area contributed by atoms with Crippen LogP contribution in [0.5, 0.6) is 0 Å². The van der Waals surface area contributed by atoms with Gasteiger partial charge in [0.15, 0.2) is 12.2 Å². The molecule has 0 saturated heterocycles. The molecule has 0 saturated carbocycles. The monoisotopic (exact) mass is 492 g/mol. The van der Waals surface area contributed by atoms with E-state index in [1.165, 1.54) is 53.9 Å². The second-order valence-corrected chi connectivity index (χ2v) is 7.54. The van der Waals surface area contributed by atoms with Crippen LogP contribution >= 0.6 is 0 Å². The molecule has 11 nitrogen and oxygen atoms in total. The Balaban J connectivity index is 1.46. The van der Waals surface area contributed by atoms with Crippen LogP contribution in [0.2, 0.25) is 0 Å². The van der Waals surface area contributed by atoms with Gasteiger partial charge in [0.05, 0.1) is 29.9 Å². The number of pyridine rings is 3. The first-order chi connectivity index (χ1) is 17.4. The fourth-order valence-corrected chi connectivity index (χ4v) is 3.37. The minimum Gasteiger partial charge on any atom is -0.350 e. The van der Waals surface area contributed by atoms with E-state index >= 15 is 0 Å². The molecule has 0 aliphatic rings. The standard InChI is InChI=1S/C23H19F2N9O2/c24-23(25,20-5-1-2-8-29-20)13-31-21-7-6-16(11-26)19(34(21)36)10-22(35)30-12-17-18(4-3-9-28-17)33-15-27-14-32-33/h1-9,14-15,36H,10,12-13H2,(H,30,35)/p+1. The number of hydrogen-bond acceptors (Lipinski definition) is 8. The maximum atomic E-state index is 14.5. The van der Waals surface area contributed by atoms with Gasteiger partial charge in [0, 0.05) is 18.5 Å². The zero-order chi connectivity index (χ0) is 25.5. The Morgan fingerprint density at radius 1 is 1.17 bits per heavy atom. The lowest BCUT2D eigenvalue weighted by Gasteiger charge is -2.14. The van der Waals surface area contributed by atoms with Crippen molar-refractivity contribution < 1.29 is 23.5 Å².